The standard InChI is InChI=1S/C18H21FN6O3/c19-15-11(10-28-18(26)25-16(20)21)2-1-3-14(15)12-8-22-17(23-9-12)24-13-4-6-27-7-5-13/h1-3,8-9,13H,4-7,10H2,(H,22,23,24)(H4,20,21,25,26). The van der Waals surface area contributed by atoms with Crippen molar-refractivity contribution in [2.45, 2.75) is 25.5 Å². The van der Waals surface area contributed by atoms with Crippen molar-refractivity contribution < 1.29 is 18.7 Å². The number of hydrogen-bond acceptors (Lipinski definition) is 7. The van der Waals surface area contributed by atoms with Crippen molar-refractivity contribution in [3.05, 3.63) is 42.0 Å². The van der Waals surface area contributed by atoms with Crippen molar-refractivity contribution >= 4 is 18.0 Å². The molecule has 1 aliphatic heterocycles. The number of carbonyl (C=O) groups is 1. The maximum Gasteiger partial charge on any atom is 0.414 e. The van der Waals surface area contributed by atoms with Crippen LogP contribution >= 0.6 is 0 Å². The molecule has 1 aromatic carbocycles. The second kappa shape index (κ2) is 9.09. The van der Waals surface area contributed by atoms with Crippen LogP contribution < -0.4 is 16.4 Å². The Hall–Kier alpha value is -3.27. The molecule has 1 fully saturated rings. The first-order valence-corrected chi connectivity index (χ1v) is 8.75. The predicted octanol–water partition coefficient (Wildman–Crippen LogP) is 1.99. The van der Waals surface area contributed by atoms with Gasteiger partial charge in [-0.3, -0.25) is 10.7 Å². The Balaban J connectivity index is 1.67. The summed E-state index contributed by atoms with van der Waals surface area (Å²) in [4.78, 5) is 19.9. The third kappa shape index (κ3) is 5.13. The van der Waals surface area contributed by atoms with Crippen molar-refractivity contribution in [3.8, 4) is 11.1 Å². The highest BCUT2D eigenvalue weighted by Crippen LogP contribution is 2.25. The number of benzene rings is 1. The number of nitrogens with one attached hydrogen (secondary N) is 3. The first kappa shape index (κ1) is 19.5. The molecule has 1 aromatic heterocycles. The van der Waals surface area contributed by atoms with Gasteiger partial charge in [-0.05, 0) is 12.8 Å². The van der Waals surface area contributed by atoms with Crippen molar-refractivity contribution in [2.24, 2.45) is 5.73 Å². The van der Waals surface area contributed by atoms with E-state index < -0.39 is 17.9 Å². The molecule has 0 saturated carbocycles. The van der Waals surface area contributed by atoms with E-state index in [1.165, 1.54) is 6.07 Å². The number of ether oxygens (including phenoxy) is 2. The summed E-state index contributed by atoms with van der Waals surface area (Å²) >= 11 is 0. The summed E-state index contributed by atoms with van der Waals surface area (Å²) in [6.07, 6.45) is 3.93. The molecular weight excluding hydrogens is 367 g/mol. The molecule has 0 atom stereocenters. The van der Waals surface area contributed by atoms with Gasteiger partial charge in [0.05, 0.1) is 0 Å². The Kier molecular flexibility index (Phi) is 6.33. The number of nitrogens with two attached hydrogens (primary N) is 1. The molecule has 2 heterocycles. The zero-order chi connectivity index (χ0) is 19.9. The molecule has 2 aromatic rings. The number of guanidine groups is 1. The van der Waals surface area contributed by atoms with Crippen molar-refractivity contribution in [2.75, 3.05) is 18.5 Å². The minimum absolute atomic E-state index is 0.181. The largest absolute Gasteiger partial charge is 0.444 e. The van der Waals surface area contributed by atoms with Crippen LogP contribution in [0.25, 0.3) is 11.1 Å². The molecule has 9 nitrogen and oxygen atoms in total. The molecule has 148 valence electrons. The summed E-state index contributed by atoms with van der Waals surface area (Å²) in [5, 5.41) is 12.2. The van der Waals surface area contributed by atoms with Crippen molar-refractivity contribution in [1.29, 1.82) is 5.41 Å². The summed E-state index contributed by atoms with van der Waals surface area (Å²) in [6, 6.07) is 5.01. The zero-order valence-electron chi connectivity index (χ0n) is 15.1. The van der Waals surface area contributed by atoms with Crippen molar-refractivity contribution in [1.82, 2.24) is 15.3 Å². The van der Waals surface area contributed by atoms with Crippen LogP contribution in [0, 0.1) is 11.2 Å². The van der Waals surface area contributed by atoms with E-state index in [0.717, 1.165) is 12.8 Å². The molecule has 1 amide bonds. The monoisotopic (exact) mass is 388 g/mol. The smallest absolute Gasteiger partial charge is 0.414 e. The van der Waals surface area contributed by atoms with Gasteiger partial charge in [-0.2, -0.15) is 0 Å². The average molecular weight is 388 g/mol. The molecule has 28 heavy (non-hydrogen) atoms. The Morgan fingerprint density at radius 1 is 1.32 bits per heavy atom. The first-order chi connectivity index (χ1) is 13.5. The number of amides is 1. The van der Waals surface area contributed by atoms with E-state index in [9.17, 15) is 9.18 Å². The van der Waals surface area contributed by atoms with Crippen LogP contribution in [0.1, 0.15) is 18.4 Å². The van der Waals surface area contributed by atoms with Gasteiger partial charge in [0.1, 0.15) is 12.4 Å². The highest BCUT2D eigenvalue weighted by molar-refractivity contribution is 5.90. The van der Waals surface area contributed by atoms with Crippen LogP contribution in [-0.2, 0) is 16.1 Å². The van der Waals surface area contributed by atoms with Crippen LogP contribution in [0.3, 0.4) is 0 Å². The number of nitrogens with zero attached hydrogens (tertiary/aromatic N) is 2. The lowest BCUT2D eigenvalue weighted by Gasteiger charge is -2.22. The second-order valence-corrected chi connectivity index (χ2v) is 6.22. The molecule has 0 radical (unpaired) electrons. The highest BCUT2D eigenvalue weighted by atomic mass is 19.1. The molecule has 0 unspecified atom stereocenters. The van der Waals surface area contributed by atoms with E-state index in [1.54, 1.807) is 24.5 Å². The van der Waals surface area contributed by atoms with Crippen LogP contribution in [0.2, 0.25) is 0 Å². The van der Waals surface area contributed by atoms with E-state index in [4.69, 9.17) is 20.6 Å². The molecule has 0 bridgehead atoms. The number of aromatic nitrogens is 2. The second-order valence-electron chi connectivity index (χ2n) is 6.22. The number of carbonyl (C=O) groups excluding carboxylic acids is 1. The topological polar surface area (TPSA) is 135 Å². The molecule has 1 saturated heterocycles. The molecule has 5 N–H and O–H groups in total. The number of halogens is 1. The molecular formula is C18H21FN6O3. The van der Waals surface area contributed by atoms with E-state index in [0.29, 0.717) is 30.3 Å². The van der Waals surface area contributed by atoms with Gasteiger partial charge in [0, 0.05) is 48.3 Å². The third-order valence-electron chi connectivity index (χ3n) is 4.19. The SMILES string of the molecule is N=C(N)NC(=O)OCc1cccc(-c2cnc(NC3CCOCC3)nc2)c1F. The average Bonchev–Trinajstić information content (AvgIpc) is 2.68. The van der Waals surface area contributed by atoms with Gasteiger partial charge < -0.3 is 20.5 Å². The molecule has 3 rings (SSSR count). The number of rotatable bonds is 5. The van der Waals surface area contributed by atoms with Gasteiger partial charge >= 0.3 is 6.09 Å². The summed E-state index contributed by atoms with van der Waals surface area (Å²) in [7, 11) is 0. The lowest BCUT2D eigenvalue weighted by atomic mass is 10.1. The fourth-order valence-corrected chi connectivity index (χ4v) is 2.77. The third-order valence-corrected chi connectivity index (χ3v) is 4.19. The Bertz CT molecular complexity index is 840. The van der Waals surface area contributed by atoms with Gasteiger partial charge in [0.2, 0.25) is 5.95 Å². The van der Waals surface area contributed by atoms with Gasteiger partial charge in [0.15, 0.2) is 5.96 Å². The maximum absolute atomic E-state index is 14.8. The molecule has 10 heteroatoms. The Morgan fingerprint density at radius 2 is 2.04 bits per heavy atom. The maximum atomic E-state index is 14.8. The number of anilines is 1. The molecule has 0 aliphatic carbocycles. The Labute approximate surface area is 161 Å². The number of alkyl carbamates (subject to hydrolysis) is 1. The Morgan fingerprint density at radius 3 is 2.71 bits per heavy atom. The molecule has 0 spiro atoms. The summed E-state index contributed by atoms with van der Waals surface area (Å²) in [6.45, 7) is 1.11. The molecule has 1 aliphatic rings. The van der Waals surface area contributed by atoms with Gasteiger partial charge in [-0.1, -0.05) is 18.2 Å². The lowest BCUT2D eigenvalue weighted by Crippen LogP contribution is -2.36. The van der Waals surface area contributed by atoms with E-state index in [-0.39, 0.29) is 18.2 Å². The summed E-state index contributed by atoms with van der Waals surface area (Å²) in [5.74, 6) is -0.603. The minimum atomic E-state index is -0.927. The quantitative estimate of drug-likeness (QED) is 0.454. The lowest BCUT2D eigenvalue weighted by molar-refractivity contribution is 0.0903. The van der Waals surface area contributed by atoms with Gasteiger partial charge in [0.25, 0.3) is 0 Å². The van der Waals surface area contributed by atoms with Crippen LogP contribution in [0.15, 0.2) is 30.6 Å². The fraction of sp³-hybridized carbons (Fsp3) is 0.333. The van der Waals surface area contributed by atoms with E-state index in [2.05, 4.69) is 15.3 Å². The van der Waals surface area contributed by atoms with Gasteiger partial charge in [-0.25, -0.2) is 19.2 Å². The van der Waals surface area contributed by atoms with Crippen LogP contribution in [0.5, 0.6) is 0 Å². The fourth-order valence-electron chi connectivity index (χ4n) is 2.77. The van der Waals surface area contributed by atoms with Gasteiger partial charge in [-0.15, -0.1) is 0 Å². The van der Waals surface area contributed by atoms with Crippen LogP contribution in [0.4, 0.5) is 15.1 Å². The normalized spacial score (nSPS) is 14.3. The number of hydrogen-bond donors (Lipinski definition) is 4. The highest BCUT2D eigenvalue weighted by Gasteiger charge is 2.16. The van der Waals surface area contributed by atoms with Crippen molar-refractivity contribution in [3.63, 3.8) is 0 Å². The first-order valence-electron chi connectivity index (χ1n) is 8.75. The minimum Gasteiger partial charge on any atom is -0.444 e. The predicted molar refractivity (Wildman–Crippen MR) is 100 cm³/mol. The van der Waals surface area contributed by atoms with E-state index in [1.807, 2.05) is 5.32 Å². The zero-order valence-corrected chi connectivity index (χ0v) is 15.1. The van der Waals surface area contributed by atoms with E-state index >= 15 is 0 Å². The summed E-state index contributed by atoms with van der Waals surface area (Å²) < 4.78 is 25.0. The van der Waals surface area contributed by atoms with Crippen LogP contribution in [-0.4, -0.2) is 41.3 Å². The summed E-state index contributed by atoms with van der Waals surface area (Å²) in [5.41, 5.74) is 6.02.